The fraction of sp³-hybridized carbons (Fsp3) is 0.688. The van der Waals surface area contributed by atoms with Crippen LogP contribution in [0.5, 0.6) is 0 Å². The lowest BCUT2D eigenvalue weighted by molar-refractivity contribution is -0.122. The summed E-state index contributed by atoms with van der Waals surface area (Å²) in [6, 6.07) is 1.51. The van der Waals surface area contributed by atoms with E-state index in [2.05, 4.69) is 24.1 Å². The summed E-state index contributed by atoms with van der Waals surface area (Å²) in [6.07, 6.45) is 1.35. The molecule has 8 nitrogen and oxygen atoms in total. The van der Waals surface area contributed by atoms with Crippen molar-refractivity contribution >= 4 is 5.91 Å². The summed E-state index contributed by atoms with van der Waals surface area (Å²) < 4.78 is 7.59. The van der Waals surface area contributed by atoms with Gasteiger partial charge in [0.05, 0.1) is 13.2 Å². The average molecular weight is 338 g/mol. The molecule has 24 heavy (non-hydrogen) atoms. The van der Waals surface area contributed by atoms with Crippen LogP contribution in [0.3, 0.4) is 0 Å². The molecule has 0 unspecified atom stereocenters. The number of ether oxygens (including phenoxy) is 1. The topological polar surface area (TPSA) is 85.6 Å². The van der Waals surface area contributed by atoms with Gasteiger partial charge in [-0.25, -0.2) is 4.79 Å². The van der Waals surface area contributed by atoms with E-state index < -0.39 is 5.69 Å². The van der Waals surface area contributed by atoms with E-state index in [1.165, 1.54) is 23.9 Å². The third-order valence-corrected chi connectivity index (χ3v) is 4.37. The van der Waals surface area contributed by atoms with E-state index >= 15 is 0 Å². The number of carbonyl (C=O) groups excluding carboxylic acids is 1. The molecule has 1 aliphatic heterocycles. The van der Waals surface area contributed by atoms with E-state index in [9.17, 15) is 14.4 Å². The van der Waals surface area contributed by atoms with Gasteiger partial charge in [0.25, 0.3) is 5.56 Å². The van der Waals surface area contributed by atoms with Gasteiger partial charge in [-0.1, -0.05) is 13.8 Å². The van der Waals surface area contributed by atoms with Crippen molar-refractivity contribution < 1.29 is 9.53 Å². The van der Waals surface area contributed by atoms with Crippen LogP contribution >= 0.6 is 0 Å². The molecule has 1 amide bonds. The van der Waals surface area contributed by atoms with Crippen molar-refractivity contribution in [2.75, 3.05) is 32.8 Å². The summed E-state index contributed by atoms with van der Waals surface area (Å²) in [5.41, 5.74) is -0.880. The highest BCUT2D eigenvalue weighted by Crippen LogP contribution is 2.12. The predicted octanol–water partition coefficient (Wildman–Crippen LogP) is -0.980. The van der Waals surface area contributed by atoms with Gasteiger partial charge in [0.15, 0.2) is 0 Å². The molecule has 2 rings (SSSR count). The number of aromatic nitrogens is 2. The zero-order chi connectivity index (χ0) is 17.7. The molecule has 134 valence electrons. The Balaban J connectivity index is 1.95. The first-order chi connectivity index (χ1) is 11.4. The number of hydrogen-bond acceptors (Lipinski definition) is 5. The summed E-state index contributed by atoms with van der Waals surface area (Å²) in [5, 5.41) is 2.90. The lowest BCUT2D eigenvalue weighted by Gasteiger charge is -2.36. The molecule has 1 fully saturated rings. The van der Waals surface area contributed by atoms with Crippen LogP contribution in [0.25, 0.3) is 0 Å². The van der Waals surface area contributed by atoms with Crippen LogP contribution in [0.2, 0.25) is 0 Å². The Labute approximate surface area is 141 Å². The maximum Gasteiger partial charge on any atom is 0.331 e. The maximum absolute atomic E-state index is 12.2. The molecule has 1 N–H and O–H groups in total. The smallest absolute Gasteiger partial charge is 0.331 e. The number of nitrogens with one attached hydrogen (secondary N) is 1. The summed E-state index contributed by atoms with van der Waals surface area (Å²) in [4.78, 5) is 37.8. The lowest BCUT2D eigenvalue weighted by Crippen LogP contribution is -2.51. The van der Waals surface area contributed by atoms with Gasteiger partial charge in [-0.3, -0.25) is 23.6 Å². The first-order valence-electron chi connectivity index (χ1n) is 8.25. The SMILES string of the molecule is CC(C)[C@H](CNC(=O)Cn1ccc(=O)n(C)c1=O)N1CCOCC1. The molecule has 8 heteroatoms. The van der Waals surface area contributed by atoms with Gasteiger partial charge in [-0.15, -0.1) is 0 Å². The van der Waals surface area contributed by atoms with Crippen molar-refractivity contribution in [2.45, 2.75) is 26.4 Å². The van der Waals surface area contributed by atoms with Crippen LogP contribution in [0.4, 0.5) is 0 Å². The quantitative estimate of drug-likeness (QED) is 0.721. The number of morpholine rings is 1. The molecular formula is C16H26N4O4. The van der Waals surface area contributed by atoms with Gasteiger partial charge in [-0.05, 0) is 5.92 Å². The van der Waals surface area contributed by atoms with Crippen molar-refractivity contribution in [1.82, 2.24) is 19.4 Å². The second kappa shape index (κ2) is 8.25. The highest BCUT2D eigenvalue weighted by atomic mass is 16.5. The van der Waals surface area contributed by atoms with E-state index in [1.54, 1.807) is 0 Å². The van der Waals surface area contributed by atoms with Crippen LogP contribution in [0, 0.1) is 5.92 Å². The van der Waals surface area contributed by atoms with Crippen LogP contribution < -0.4 is 16.6 Å². The second-order valence-electron chi connectivity index (χ2n) is 6.39. The van der Waals surface area contributed by atoms with Gasteiger partial charge in [0.1, 0.15) is 6.54 Å². The van der Waals surface area contributed by atoms with Crippen LogP contribution in [-0.2, 0) is 23.1 Å². The summed E-state index contributed by atoms with van der Waals surface area (Å²) in [6.45, 7) is 7.83. The van der Waals surface area contributed by atoms with E-state index in [-0.39, 0.29) is 24.1 Å². The molecule has 2 heterocycles. The third kappa shape index (κ3) is 4.55. The monoisotopic (exact) mass is 338 g/mol. The summed E-state index contributed by atoms with van der Waals surface area (Å²) >= 11 is 0. The number of nitrogens with zero attached hydrogens (tertiary/aromatic N) is 3. The fourth-order valence-corrected chi connectivity index (χ4v) is 2.86. The maximum atomic E-state index is 12.2. The van der Waals surface area contributed by atoms with Crippen molar-refractivity contribution in [3.05, 3.63) is 33.1 Å². The van der Waals surface area contributed by atoms with Crippen molar-refractivity contribution in [3.63, 3.8) is 0 Å². The minimum atomic E-state index is -0.494. The molecule has 1 aromatic rings. The van der Waals surface area contributed by atoms with Gasteiger partial charge < -0.3 is 10.1 Å². The Morgan fingerprint density at radius 2 is 1.96 bits per heavy atom. The first kappa shape index (κ1) is 18.4. The molecule has 1 aromatic heterocycles. The minimum Gasteiger partial charge on any atom is -0.379 e. The Hall–Kier alpha value is -1.93. The van der Waals surface area contributed by atoms with Crippen LogP contribution in [0.1, 0.15) is 13.8 Å². The molecular weight excluding hydrogens is 312 g/mol. The minimum absolute atomic E-state index is 0.0963. The molecule has 0 spiro atoms. The molecule has 0 aromatic carbocycles. The molecule has 1 atom stereocenters. The molecule has 0 saturated carbocycles. The van der Waals surface area contributed by atoms with Gasteiger partial charge in [-0.2, -0.15) is 0 Å². The van der Waals surface area contributed by atoms with Gasteiger partial charge in [0, 0.05) is 45.0 Å². The van der Waals surface area contributed by atoms with Crippen LogP contribution in [0.15, 0.2) is 21.9 Å². The number of amides is 1. The summed E-state index contributed by atoms with van der Waals surface area (Å²) in [5.74, 6) is 0.151. The Bertz CT molecular complexity index is 673. The molecule has 0 radical (unpaired) electrons. The molecule has 1 aliphatic rings. The second-order valence-corrected chi connectivity index (χ2v) is 6.39. The standard InChI is InChI=1S/C16H26N4O4/c1-12(2)13(19-6-8-24-9-7-19)10-17-14(21)11-20-5-4-15(22)18(3)16(20)23/h4-5,12-13H,6-11H2,1-3H3,(H,17,21)/t13-/m0/s1. The highest BCUT2D eigenvalue weighted by Gasteiger charge is 2.24. The number of hydrogen-bond donors (Lipinski definition) is 1. The van der Waals surface area contributed by atoms with Crippen molar-refractivity contribution in [2.24, 2.45) is 13.0 Å². The van der Waals surface area contributed by atoms with Gasteiger partial charge >= 0.3 is 5.69 Å². The number of carbonyl (C=O) groups is 1. The largest absolute Gasteiger partial charge is 0.379 e. The molecule has 1 saturated heterocycles. The van der Waals surface area contributed by atoms with Crippen molar-refractivity contribution in [1.29, 1.82) is 0 Å². The van der Waals surface area contributed by atoms with E-state index in [0.29, 0.717) is 25.7 Å². The zero-order valence-electron chi connectivity index (χ0n) is 14.5. The zero-order valence-corrected chi connectivity index (χ0v) is 14.5. The Morgan fingerprint density at radius 3 is 2.58 bits per heavy atom. The Kier molecular flexibility index (Phi) is 6.33. The highest BCUT2D eigenvalue weighted by molar-refractivity contribution is 5.75. The van der Waals surface area contributed by atoms with E-state index in [4.69, 9.17) is 4.74 Å². The Morgan fingerprint density at radius 1 is 1.29 bits per heavy atom. The number of rotatable bonds is 6. The third-order valence-electron chi connectivity index (χ3n) is 4.37. The first-order valence-corrected chi connectivity index (χ1v) is 8.25. The molecule has 0 aliphatic carbocycles. The lowest BCUT2D eigenvalue weighted by atomic mass is 10.0. The van der Waals surface area contributed by atoms with E-state index in [0.717, 1.165) is 17.7 Å². The fourth-order valence-electron chi connectivity index (χ4n) is 2.86. The van der Waals surface area contributed by atoms with Crippen molar-refractivity contribution in [3.8, 4) is 0 Å². The average Bonchev–Trinajstić information content (AvgIpc) is 2.56. The van der Waals surface area contributed by atoms with Gasteiger partial charge in [0.2, 0.25) is 5.91 Å². The van der Waals surface area contributed by atoms with E-state index in [1.807, 2.05) is 0 Å². The normalized spacial score (nSPS) is 17.0. The molecule has 0 bridgehead atoms. The predicted molar refractivity (Wildman–Crippen MR) is 90.0 cm³/mol. The van der Waals surface area contributed by atoms with Crippen LogP contribution in [-0.4, -0.2) is 58.8 Å². The summed E-state index contributed by atoms with van der Waals surface area (Å²) in [7, 11) is 1.40.